The van der Waals surface area contributed by atoms with Crippen LogP contribution < -0.4 is 0 Å². The van der Waals surface area contributed by atoms with Crippen LogP contribution in [0.15, 0.2) is 0 Å². The van der Waals surface area contributed by atoms with Crippen molar-refractivity contribution in [2.75, 3.05) is 12.3 Å². The molecule has 0 aliphatic carbocycles. The van der Waals surface area contributed by atoms with Crippen LogP contribution in [0, 0.1) is 0 Å². The fourth-order valence-electron chi connectivity index (χ4n) is 2.23. The number of halogens is 1. The van der Waals surface area contributed by atoms with Gasteiger partial charge in [0.05, 0.1) is 5.75 Å². The van der Waals surface area contributed by atoms with E-state index in [9.17, 15) is 13.2 Å². The molecule has 0 atom stereocenters. The van der Waals surface area contributed by atoms with E-state index in [1.807, 2.05) is 0 Å². The Morgan fingerprint density at radius 1 is 1.28 bits per heavy atom. The molecule has 1 aliphatic heterocycles. The molecule has 1 fully saturated rings. The Balaban J connectivity index is 2.80. The first-order valence-corrected chi connectivity index (χ1v) is 7.59. The molecule has 0 aromatic heterocycles. The second-order valence-electron chi connectivity index (χ2n) is 5.43. The Hall–Kier alpha value is -0.370. The molecule has 0 unspecified atom stereocenters. The fourth-order valence-corrected chi connectivity index (χ4v) is 2.89. The topological polar surface area (TPSA) is 77.9 Å². The zero-order valence-corrected chi connectivity index (χ0v) is 12.5. The maximum atomic E-state index is 12.2. The van der Waals surface area contributed by atoms with Crippen molar-refractivity contribution < 1.29 is 17.8 Å². The Morgan fingerprint density at radius 3 is 2.11 bits per heavy atom. The summed E-state index contributed by atoms with van der Waals surface area (Å²) in [5.74, 6) is -0.520. The summed E-state index contributed by atoms with van der Waals surface area (Å²) in [5, 5.41) is 0. The largest absolute Gasteiger partial charge is 0.322 e. The summed E-state index contributed by atoms with van der Waals surface area (Å²) in [4.78, 5) is 13.7. The van der Waals surface area contributed by atoms with Gasteiger partial charge in [0.1, 0.15) is 11.2 Å². The van der Waals surface area contributed by atoms with Crippen molar-refractivity contribution in [2.24, 2.45) is 0 Å². The van der Waals surface area contributed by atoms with Gasteiger partial charge in [0.25, 0.3) is 10.1 Å². The molecule has 0 saturated carbocycles. The minimum Gasteiger partial charge on any atom is -0.322 e. The van der Waals surface area contributed by atoms with Crippen molar-refractivity contribution >= 4 is 27.8 Å². The molecule has 0 bridgehead atoms. The molecule has 1 aliphatic rings. The van der Waals surface area contributed by atoms with E-state index in [-0.39, 0.29) is 24.6 Å². The highest BCUT2D eigenvalue weighted by atomic mass is 35.5. The molecule has 0 radical (unpaired) electrons. The first-order valence-electron chi connectivity index (χ1n) is 5.64. The van der Waals surface area contributed by atoms with Crippen LogP contribution >= 0.6 is 11.8 Å². The second kappa shape index (κ2) is 4.63. The molecule has 18 heavy (non-hydrogen) atoms. The van der Waals surface area contributed by atoms with E-state index >= 15 is 0 Å². The summed E-state index contributed by atoms with van der Waals surface area (Å²) in [7, 11) is -4.00. The van der Waals surface area contributed by atoms with Crippen molar-refractivity contribution in [3.63, 3.8) is 0 Å². The van der Waals surface area contributed by atoms with E-state index in [1.165, 1.54) is 9.32 Å². The third-order valence-corrected chi connectivity index (χ3v) is 4.83. The van der Waals surface area contributed by atoms with Gasteiger partial charge in [-0.05, 0) is 45.9 Å². The van der Waals surface area contributed by atoms with E-state index < -0.39 is 21.3 Å². The summed E-state index contributed by atoms with van der Waals surface area (Å²) in [6.07, 6.45) is 0.175. The van der Waals surface area contributed by atoms with Crippen LogP contribution in [0.3, 0.4) is 0 Å². The standard InChI is InChI=1S/C10H19ClN2O4S/c1-9(2)8(14)12(10(3,4)13(9)11)6-5-7-18(15,16)17/h5-7H2,1-4H3,(H,15,16,17). The summed E-state index contributed by atoms with van der Waals surface area (Å²) >= 11 is 6.16. The van der Waals surface area contributed by atoms with Crippen LogP contribution in [-0.4, -0.2) is 51.7 Å². The Labute approximate surface area is 113 Å². The zero-order chi connectivity index (χ0) is 14.4. The van der Waals surface area contributed by atoms with Crippen LogP contribution in [0.25, 0.3) is 0 Å². The van der Waals surface area contributed by atoms with Gasteiger partial charge < -0.3 is 4.90 Å². The lowest BCUT2D eigenvalue weighted by Crippen LogP contribution is -2.47. The third-order valence-electron chi connectivity index (χ3n) is 3.18. The van der Waals surface area contributed by atoms with E-state index in [4.69, 9.17) is 16.3 Å². The Bertz CT molecular complexity index is 447. The molecular weight excluding hydrogens is 280 g/mol. The van der Waals surface area contributed by atoms with Crippen molar-refractivity contribution in [2.45, 2.75) is 45.3 Å². The number of carbonyl (C=O) groups excluding carboxylic acids is 1. The van der Waals surface area contributed by atoms with Crippen LogP contribution in [0.1, 0.15) is 34.1 Å². The van der Waals surface area contributed by atoms with Crippen molar-refractivity contribution in [1.82, 2.24) is 9.32 Å². The molecule has 0 spiro atoms. The fraction of sp³-hybridized carbons (Fsp3) is 0.900. The average molecular weight is 299 g/mol. The normalized spacial score (nSPS) is 23.7. The van der Waals surface area contributed by atoms with E-state index in [0.29, 0.717) is 0 Å². The summed E-state index contributed by atoms with van der Waals surface area (Å²) < 4.78 is 31.4. The SMILES string of the molecule is CC1(C)C(=O)N(CCCS(=O)(=O)O)C(C)(C)N1Cl. The third kappa shape index (κ3) is 2.79. The minimum absolute atomic E-state index is 0.155. The molecule has 106 valence electrons. The van der Waals surface area contributed by atoms with E-state index in [0.717, 1.165) is 0 Å². The average Bonchev–Trinajstić information content (AvgIpc) is 2.29. The van der Waals surface area contributed by atoms with Crippen molar-refractivity contribution in [3.8, 4) is 0 Å². The van der Waals surface area contributed by atoms with Crippen LogP contribution in [0.2, 0.25) is 0 Å². The molecule has 0 aromatic carbocycles. The van der Waals surface area contributed by atoms with E-state index in [1.54, 1.807) is 27.7 Å². The van der Waals surface area contributed by atoms with Gasteiger partial charge in [-0.2, -0.15) is 12.8 Å². The van der Waals surface area contributed by atoms with Gasteiger partial charge in [-0.3, -0.25) is 9.35 Å². The predicted octanol–water partition coefficient (Wildman–Crippen LogP) is 1.08. The quantitative estimate of drug-likeness (QED) is 0.620. The lowest BCUT2D eigenvalue weighted by atomic mass is 10.1. The number of amides is 1. The summed E-state index contributed by atoms with van der Waals surface area (Å²) in [6.45, 7) is 7.25. The molecule has 8 heteroatoms. The van der Waals surface area contributed by atoms with Gasteiger partial charge in [0.15, 0.2) is 0 Å². The van der Waals surface area contributed by atoms with Crippen molar-refractivity contribution in [1.29, 1.82) is 0 Å². The number of carbonyl (C=O) groups is 1. The maximum Gasteiger partial charge on any atom is 0.264 e. The molecular formula is C10H19ClN2O4S. The summed E-state index contributed by atoms with van der Waals surface area (Å²) in [5.41, 5.74) is -1.52. The summed E-state index contributed by atoms with van der Waals surface area (Å²) in [6, 6.07) is 0. The predicted molar refractivity (Wildman–Crippen MR) is 68.6 cm³/mol. The molecule has 1 rings (SSSR count). The highest BCUT2D eigenvalue weighted by molar-refractivity contribution is 7.85. The molecule has 1 amide bonds. The van der Waals surface area contributed by atoms with Gasteiger partial charge in [0, 0.05) is 6.54 Å². The monoisotopic (exact) mass is 298 g/mol. The molecule has 6 nitrogen and oxygen atoms in total. The van der Waals surface area contributed by atoms with Gasteiger partial charge in [0.2, 0.25) is 5.91 Å². The zero-order valence-electron chi connectivity index (χ0n) is 11.0. The molecule has 1 saturated heterocycles. The molecule has 0 aromatic rings. The molecule has 1 N–H and O–H groups in total. The minimum atomic E-state index is -4.00. The van der Waals surface area contributed by atoms with Crippen LogP contribution in [0.5, 0.6) is 0 Å². The number of rotatable bonds is 4. The first-order chi connectivity index (χ1) is 7.90. The van der Waals surface area contributed by atoms with Gasteiger partial charge >= 0.3 is 0 Å². The smallest absolute Gasteiger partial charge is 0.264 e. The number of hydrogen-bond donors (Lipinski definition) is 1. The van der Waals surface area contributed by atoms with Gasteiger partial charge in [-0.1, -0.05) is 0 Å². The van der Waals surface area contributed by atoms with Gasteiger partial charge in [-0.25, -0.2) is 0 Å². The lowest BCUT2D eigenvalue weighted by Gasteiger charge is -2.35. The van der Waals surface area contributed by atoms with Crippen LogP contribution in [0.4, 0.5) is 0 Å². The number of hydrogen-bond acceptors (Lipinski definition) is 4. The van der Waals surface area contributed by atoms with Crippen LogP contribution in [-0.2, 0) is 14.9 Å². The Kier molecular flexibility index (Phi) is 4.03. The highest BCUT2D eigenvalue weighted by Gasteiger charge is 2.55. The highest BCUT2D eigenvalue weighted by Crippen LogP contribution is 2.39. The second-order valence-corrected chi connectivity index (χ2v) is 7.34. The maximum absolute atomic E-state index is 12.2. The van der Waals surface area contributed by atoms with Crippen molar-refractivity contribution in [3.05, 3.63) is 0 Å². The number of nitrogens with zero attached hydrogens (tertiary/aromatic N) is 2. The molecule has 1 heterocycles. The first kappa shape index (κ1) is 15.7. The lowest BCUT2D eigenvalue weighted by molar-refractivity contribution is -0.133. The van der Waals surface area contributed by atoms with Gasteiger partial charge in [-0.15, -0.1) is 0 Å². The van der Waals surface area contributed by atoms with E-state index in [2.05, 4.69) is 0 Å². The Morgan fingerprint density at radius 2 is 1.78 bits per heavy atom.